The molecule has 0 aliphatic carbocycles. The van der Waals surface area contributed by atoms with E-state index in [0.717, 1.165) is 36.1 Å². The third-order valence-electron chi connectivity index (χ3n) is 5.86. The van der Waals surface area contributed by atoms with Crippen molar-refractivity contribution in [2.75, 3.05) is 25.3 Å². The second-order valence-electron chi connectivity index (χ2n) is 8.24. The molecule has 0 radical (unpaired) electrons. The topological polar surface area (TPSA) is 81.0 Å². The van der Waals surface area contributed by atoms with Crippen LogP contribution in [0.5, 0.6) is 5.75 Å². The number of nitrogens with zero attached hydrogens (tertiary/aromatic N) is 2. The zero-order valence-corrected chi connectivity index (χ0v) is 17.0. The van der Waals surface area contributed by atoms with Gasteiger partial charge in [-0.05, 0) is 50.5 Å². The van der Waals surface area contributed by atoms with Crippen molar-refractivity contribution in [3.8, 4) is 17.0 Å². The Bertz CT molecular complexity index is 1010. The zero-order chi connectivity index (χ0) is 20.8. The molecule has 1 fully saturated rings. The van der Waals surface area contributed by atoms with E-state index < -0.39 is 11.4 Å². The zero-order valence-electron chi connectivity index (χ0n) is 17.0. The van der Waals surface area contributed by atoms with Gasteiger partial charge in [0.05, 0.1) is 23.9 Å². The molecule has 1 atom stereocenters. The summed E-state index contributed by atoms with van der Waals surface area (Å²) in [4.78, 5) is 24.0. The van der Waals surface area contributed by atoms with Crippen molar-refractivity contribution in [1.29, 1.82) is 0 Å². The van der Waals surface area contributed by atoms with E-state index >= 15 is 0 Å². The molecule has 0 spiro atoms. The van der Waals surface area contributed by atoms with Crippen molar-refractivity contribution in [3.05, 3.63) is 51.8 Å². The normalized spacial score (nSPS) is 18.7. The Kier molecular flexibility index (Phi) is 4.86. The average molecular weight is 398 g/mol. The van der Waals surface area contributed by atoms with Crippen molar-refractivity contribution in [1.82, 2.24) is 4.68 Å². The highest BCUT2D eigenvalue weighted by atomic mass is 16.5. The minimum absolute atomic E-state index is 0.0965. The number of aromatic carboxylic acids is 1. The fourth-order valence-electron chi connectivity index (χ4n) is 4.47. The molecule has 0 saturated carbocycles. The molecule has 7 nitrogen and oxygen atoms in total. The number of rotatable bonds is 6. The molecular formula is C22H26N2O5. The van der Waals surface area contributed by atoms with Crippen LogP contribution in [0.3, 0.4) is 0 Å². The van der Waals surface area contributed by atoms with Gasteiger partial charge in [0.15, 0.2) is 5.43 Å². The van der Waals surface area contributed by atoms with Gasteiger partial charge in [0.25, 0.3) is 0 Å². The van der Waals surface area contributed by atoms with E-state index in [4.69, 9.17) is 9.47 Å². The van der Waals surface area contributed by atoms with Gasteiger partial charge in [-0.1, -0.05) is 0 Å². The molecule has 7 heteroatoms. The highest BCUT2D eigenvalue weighted by molar-refractivity contribution is 5.88. The van der Waals surface area contributed by atoms with Gasteiger partial charge in [-0.25, -0.2) is 4.79 Å². The summed E-state index contributed by atoms with van der Waals surface area (Å²) < 4.78 is 12.8. The number of fused-ring (bicyclic) bond motifs is 6. The number of hydrogen-bond acceptors (Lipinski definition) is 5. The monoisotopic (exact) mass is 398 g/mol. The average Bonchev–Trinajstić information content (AvgIpc) is 3.00. The van der Waals surface area contributed by atoms with Gasteiger partial charge < -0.3 is 14.6 Å². The van der Waals surface area contributed by atoms with Crippen LogP contribution < -0.4 is 15.2 Å². The highest BCUT2D eigenvalue weighted by Gasteiger charge is 2.45. The predicted molar refractivity (Wildman–Crippen MR) is 109 cm³/mol. The molecule has 1 aromatic carbocycles. The maximum Gasteiger partial charge on any atom is 0.341 e. The van der Waals surface area contributed by atoms with Crippen LogP contribution in [0.1, 0.15) is 55.1 Å². The summed E-state index contributed by atoms with van der Waals surface area (Å²) >= 11 is 0. The van der Waals surface area contributed by atoms with Gasteiger partial charge in [0, 0.05) is 38.0 Å². The fourth-order valence-corrected chi connectivity index (χ4v) is 4.47. The van der Waals surface area contributed by atoms with Gasteiger partial charge in [-0.3, -0.25) is 14.5 Å². The van der Waals surface area contributed by atoms with Gasteiger partial charge >= 0.3 is 5.97 Å². The summed E-state index contributed by atoms with van der Waals surface area (Å²) in [5.41, 5.74) is 1.91. The molecule has 29 heavy (non-hydrogen) atoms. The molecule has 2 aliphatic heterocycles. The van der Waals surface area contributed by atoms with Gasteiger partial charge in [0.2, 0.25) is 0 Å². The number of benzene rings is 1. The number of carboxylic acid groups (broad SMARTS) is 1. The van der Waals surface area contributed by atoms with Crippen molar-refractivity contribution >= 4 is 5.97 Å². The quantitative estimate of drug-likeness (QED) is 0.753. The molecule has 1 saturated heterocycles. The lowest BCUT2D eigenvalue weighted by molar-refractivity contribution is 0.0694. The number of aromatic nitrogens is 1. The van der Waals surface area contributed by atoms with Crippen LogP contribution in [-0.4, -0.2) is 41.6 Å². The first-order chi connectivity index (χ1) is 13.8. The van der Waals surface area contributed by atoms with Crippen LogP contribution in [0.25, 0.3) is 11.3 Å². The smallest absolute Gasteiger partial charge is 0.341 e. The number of carbonyl (C=O) groups is 1. The first-order valence-electron chi connectivity index (χ1n) is 9.89. The second-order valence-corrected chi connectivity index (χ2v) is 8.24. The molecular weight excluding hydrogens is 372 g/mol. The third kappa shape index (κ3) is 3.29. The SMILES string of the molecule is COCCCOc1ccc2c(c1)C1CCC(C)(C)N1n1cc(C(=O)O)c(=O)cc1-2. The molecule has 2 aliphatic rings. The van der Waals surface area contributed by atoms with Gasteiger partial charge in [-0.2, -0.15) is 0 Å². The Hall–Kier alpha value is -2.80. The van der Waals surface area contributed by atoms with E-state index in [2.05, 4.69) is 24.9 Å². The standard InChI is InChI=1S/C22H26N2O5/c1-22(2)8-7-18-16-11-14(29-10-4-9-28-3)5-6-15(16)19-12-20(25)17(21(26)27)13-23(19)24(18)22/h5-6,11-13,18H,4,7-10H2,1-3H3,(H,26,27). The van der Waals surface area contributed by atoms with E-state index in [9.17, 15) is 14.7 Å². The molecule has 4 rings (SSSR count). The van der Waals surface area contributed by atoms with E-state index in [-0.39, 0.29) is 17.1 Å². The maximum atomic E-state index is 12.4. The van der Waals surface area contributed by atoms with Crippen LogP contribution in [0.2, 0.25) is 0 Å². The maximum absolute atomic E-state index is 12.4. The molecule has 154 valence electrons. The van der Waals surface area contributed by atoms with Crippen LogP contribution in [0.4, 0.5) is 0 Å². The molecule has 1 unspecified atom stereocenters. The van der Waals surface area contributed by atoms with Gasteiger partial charge in [0.1, 0.15) is 11.3 Å². The van der Waals surface area contributed by atoms with E-state index in [1.807, 2.05) is 16.8 Å². The Morgan fingerprint density at radius 2 is 2.07 bits per heavy atom. The Labute approximate surface area is 169 Å². The molecule has 3 heterocycles. The van der Waals surface area contributed by atoms with E-state index in [1.165, 1.54) is 12.3 Å². The molecule has 1 N–H and O–H groups in total. The van der Waals surface area contributed by atoms with Crippen molar-refractivity contribution in [2.45, 2.75) is 44.7 Å². The summed E-state index contributed by atoms with van der Waals surface area (Å²) in [6.07, 6.45) is 4.19. The summed E-state index contributed by atoms with van der Waals surface area (Å²) in [7, 11) is 1.67. The first-order valence-corrected chi connectivity index (χ1v) is 9.89. The minimum atomic E-state index is -1.20. The molecule has 2 aromatic rings. The van der Waals surface area contributed by atoms with Crippen molar-refractivity contribution in [3.63, 3.8) is 0 Å². The molecule has 1 aromatic heterocycles. The van der Waals surface area contributed by atoms with Crippen LogP contribution in [0.15, 0.2) is 35.3 Å². The van der Waals surface area contributed by atoms with Crippen LogP contribution in [0, 0.1) is 0 Å². The van der Waals surface area contributed by atoms with Crippen LogP contribution in [-0.2, 0) is 4.74 Å². The summed E-state index contributed by atoms with van der Waals surface area (Å²) in [5.74, 6) is -0.410. The van der Waals surface area contributed by atoms with Crippen molar-refractivity contribution in [2.24, 2.45) is 0 Å². The van der Waals surface area contributed by atoms with Crippen molar-refractivity contribution < 1.29 is 19.4 Å². The summed E-state index contributed by atoms with van der Waals surface area (Å²) in [6.45, 7) is 5.51. The number of methoxy groups -OCH3 is 1. The van der Waals surface area contributed by atoms with E-state index in [1.54, 1.807) is 7.11 Å². The number of pyridine rings is 1. The lowest BCUT2D eigenvalue weighted by Gasteiger charge is -2.44. The fraction of sp³-hybridized carbons (Fsp3) is 0.455. The second kappa shape index (κ2) is 7.22. The molecule has 0 bridgehead atoms. The largest absolute Gasteiger partial charge is 0.493 e. The summed E-state index contributed by atoms with van der Waals surface area (Å²) in [6, 6.07) is 7.46. The lowest BCUT2D eigenvalue weighted by atomic mass is 9.94. The Balaban J connectivity index is 1.82. The molecule has 0 amide bonds. The summed E-state index contributed by atoms with van der Waals surface area (Å²) in [5, 5.41) is 11.6. The number of hydrogen-bond donors (Lipinski definition) is 1. The number of ether oxygens (including phenoxy) is 2. The Morgan fingerprint density at radius 1 is 1.28 bits per heavy atom. The van der Waals surface area contributed by atoms with Crippen LogP contribution >= 0.6 is 0 Å². The number of carboxylic acids is 1. The lowest BCUT2D eigenvalue weighted by Crippen LogP contribution is -2.50. The van der Waals surface area contributed by atoms with Gasteiger partial charge in [-0.15, -0.1) is 0 Å². The highest BCUT2D eigenvalue weighted by Crippen LogP contribution is 2.48. The minimum Gasteiger partial charge on any atom is -0.493 e. The first kappa shape index (κ1) is 19.5. The van der Waals surface area contributed by atoms with E-state index in [0.29, 0.717) is 18.9 Å². The third-order valence-corrected chi connectivity index (χ3v) is 5.86. The Morgan fingerprint density at radius 3 is 2.79 bits per heavy atom. The predicted octanol–water partition coefficient (Wildman–Crippen LogP) is 3.19.